The summed E-state index contributed by atoms with van der Waals surface area (Å²) in [6.07, 6.45) is 1.63. The number of hydrogen-bond donors (Lipinski definition) is 1. The van der Waals surface area contributed by atoms with Crippen LogP contribution in [0.25, 0.3) is 0 Å². The maximum Gasteiger partial charge on any atom is 0.231 e. The summed E-state index contributed by atoms with van der Waals surface area (Å²) in [5, 5.41) is 20.4. The van der Waals surface area contributed by atoms with Gasteiger partial charge in [0.2, 0.25) is 5.91 Å². The summed E-state index contributed by atoms with van der Waals surface area (Å²) in [5.41, 5.74) is -0.837. The van der Waals surface area contributed by atoms with Crippen LogP contribution >= 0.6 is 11.8 Å². The van der Waals surface area contributed by atoms with E-state index < -0.39 is 5.54 Å². The highest BCUT2D eigenvalue weighted by Gasteiger charge is 2.29. The molecule has 0 aromatic carbocycles. The fraction of sp³-hybridized carbons (Fsp3) is 0.667. The normalized spacial score (nSPS) is 13.9. The van der Waals surface area contributed by atoms with Crippen molar-refractivity contribution in [3.8, 4) is 6.07 Å². The standard InChI is InChI=1S/C12H19N5OS/c1-5-17-8-14-16-11(17)19-6-10(18)15-12(4,7-13)9(2)3/h8-9H,5-6H2,1-4H3,(H,15,18)/t12-/m1/s1. The predicted molar refractivity (Wildman–Crippen MR) is 73.4 cm³/mol. The maximum absolute atomic E-state index is 11.9. The third-order valence-electron chi connectivity index (χ3n) is 3.04. The van der Waals surface area contributed by atoms with E-state index in [9.17, 15) is 4.79 Å². The number of nitrogens with zero attached hydrogens (tertiary/aromatic N) is 4. The number of aromatic nitrogens is 3. The molecular weight excluding hydrogens is 262 g/mol. The molecule has 1 amide bonds. The first-order valence-electron chi connectivity index (χ1n) is 6.15. The molecule has 19 heavy (non-hydrogen) atoms. The summed E-state index contributed by atoms with van der Waals surface area (Å²) in [6.45, 7) is 8.29. The van der Waals surface area contributed by atoms with E-state index in [1.165, 1.54) is 11.8 Å². The summed E-state index contributed by atoms with van der Waals surface area (Å²) in [4.78, 5) is 11.9. The van der Waals surface area contributed by atoms with Crippen LogP contribution in [-0.4, -0.2) is 32.0 Å². The summed E-state index contributed by atoms with van der Waals surface area (Å²) >= 11 is 1.32. The van der Waals surface area contributed by atoms with E-state index in [-0.39, 0.29) is 17.6 Å². The Hall–Kier alpha value is -1.55. The zero-order valence-electron chi connectivity index (χ0n) is 11.7. The Morgan fingerprint density at radius 1 is 1.68 bits per heavy atom. The molecular formula is C12H19N5OS. The van der Waals surface area contributed by atoms with E-state index in [4.69, 9.17) is 5.26 Å². The van der Waals surface area contributed by atoms with Crippen LogP contribution < -0.4 is 5.32 Å². The fourth-order valence-electron chi connectivity index (χ4n) is 1.33. The van der Waals surface area contributed by atoms with E-state index >= 15 is 0 Å². The minimum Gasteiger partial charge on any atom is -0.337 e. The van der Waals surface area contributed by atoms with E-state index in [2.05, 4.69) is 21.6 Å². The van der Waals surface area contributed by atoms with Crippen molar-refractivity contribution in [2.45, 2.75) is 44.9 Å². The summed E-state index contributed by atoms with van der Waals surface area (Å²) in [5.74, 6) is 0.0991. The van der Waals surface area contributed by atoms with Crippen molar-refractivity contribution in [1.29, 1.82) is 5.26 Å². The number of aryl methyl sites for hydroxylation is 1. The van der Waals surface area contributed by atoms with Gasteiger partial charge < -0.3 is 9.88 Å². The molecule has 0 fully saturated rings. The number of thioether (sulfide) groups is 1. The van der Waals surface area contributed by atoms with Crippen LogP contribution in [0.3, 0.4) is 0 Å². The van der Waals surface area contributed by atoms with Gasteiger partial charge in [-0.1, -0.05) is 25.6 Å². The number of carbonyl (C=O) groups excluding carboxylic acids is 1. The Balaban J connectivity index is 2.55. The van der Waals surface area contributed by atoms with Crippen LogP contribution in [-0.2, 0) is 11.3 Å². The molecule has 7 heteroatoms. The molecule has 1 heterocycles. The van der Waals surface area contributed by atoms with E-state index in [0.717, 1.165) is 6.54 Å². The monoisotopic (exact) mass is 281 g/mol. The molecule has 0 spiro atoms. The maximum atomic E-state index is 11.9. The van der Waals surface area contributed by atoms with Crippen molar-refractivity contribution in [2.75, 3.05) is 5.75 Å². The number of amides is 1. The molecule has 0 radical (unpaired) electrons. The number of nitrogens with one attached hydrogen (secondary N) is 1. The number of rotatable bonds is 6. The van der Waals surface area contributed by atoms with Gasteiger partial charge in [0.05, 0.1) is 11.8 Å². The van der Waals surface area contributed by atoms with Crippen LogP contribution in [0.15, 0.2) is 11.5 Å². The molecule has 0 unspecified atom stereocenters. The van der Waals surface area contributed by atoms with Crippen LogP contribution in [0.4, 0.5) is 0 Å². The summed E-state index contributed by atoms with van der Waals surface area (Å²) in [6, 6.07) is 2.15. The Morgan fingerprint density at radius 2 is 2.37 bits per heavy atom. The molecule has 1 aromatic rings. The number of nitriles is 1. The molecule has 0 aliphatic carbocycles. The highest BCUT2D eigenvalue weighted by Crippen LogP contribution is 2.17. The molecule has 104 valence electrons. The van der Waals surface area contributed by atoms with Gasteiger partial charge in [0.25, 0.3) is 0 Å². The van der Waals surface area contributed by atoms with Crippen molar-refractivity contribution in [1.82, 2.24) is 20.1 Å². The Kier molecular flexibility index (Phi) is 5.36. The lowest BCUT2D eigenvalue weighted by atomic mass is 9.90. The lowest BCUT2D eigenvalue weighted by Crippen LogP contribution is -2.49. The zero-order valence-corrected chi connectivity index (χ0v) is 12.5. The fourth-order valence-corrected chi connectivity index (χ4v) is 2.11. The van der Waals surface area contributed by atoms with Gasteiger partial charge in [0.1, 0.15) is 11.9 Å². The predicted octanol–water partition coefficient (Wildman–Crippen LogP) is 1.44. The Morgan fingerprint density at radius 3 is 2.89 bits per heavy atom. The quantitative estimate of drug-likeness (QED) is 0.798. The molecule has 6 nitrogen and oxygen atoms in total. The molecule has 1 N–H and O–H groups in total. The van der Waals surface area contributed by atoms with Crippen LogP contribution in [0.1, 0.15) is 27.7 Å². The SMILES string of the molecule is CCn1cnnc1SCC(=O)N[C@](C)(C#N)C(C)C. The Bertz CT molecular complexity index is 479. The van der Waals surface area contributed by atoms with Gasteiger partial charge in [-0.15, -0.1) is 10.2 Å². The number of hydrogen-bond acceptors (Lipinski definition) is 5. The first-order valence-corrected chi connectivity index (χ1v) is 7.14. The van der Waals surface area contributed by atoms with E-state index in [0.29, 0.717) is 5.16 Å². The third-order valence-corrected chi connectivity index (χ3v) is 4.02. The van der Waals surface area contributed by atoms with Crippen molar-refractivity contribution in [3.63, 3.8) is 0 Å². The van der Waals surface area contributed by atoms with Gasteiger partial charge in [0.15, 0.2) is 5.16 Å². The third kappa shape index (κ3) is 3.96. The minimum absolute atomic E-state index is 0.0470. The largest absolute Gasteiger partial charge is 0.337 e. The molecule has 0 saturated carbocycles. The molecule has 0 aliphatic heterocycles. The van der Waals surface area contributed by atoms with E-state index in [1.807, 2.05) is 25.3 Å². The molecule has 1 aromatic heterocycles. The minimum atomic E-state index is -0.837. The average Bonchev–Trinajstić information content (AvgIpc) is 2.83. The molecule has 1 atom stereocenters. The topological polar surface area (TPSA) is 83.6 Å². The number of carbonyl (C=O) groups is 1. The lowest BCUT2D eigenvalue weighted by Gasteiger charge is -2.27. The van der Waals surface area contributed by atoms with Crippen LogP contribution in [0, 0.1) is 17.2 Å². The molecule has 0 bridgehead atoms. The first kappa shape index (κ1) is 15.5. The second-order valence-corrected chi connectivity index (χ2v) is 5.65. The van der Waals surface area contributed by atoms with Gasteiger partial charge >= 0.3 is 0 Å². The lowest BCUT2D eigenvalue weighted by molar-refractivity contribution is -0.120. The second-order valence-electron chi connectivity index (χ2n) is 4.71. The van der Waals surface area contributed by atoms with Crippen molar-refractivity contribution in [2.24, 2.45) is 5.92 Å². The smallest absolute Gasteiger partial charge is 0.231 e. The van der Waals surface area contributed by atoms with E-state index in [1.54, 1.807) is 13.3 Å². The second kappa shape index (κ2) is 6.57. The highest BCUT2D eigenvalue weighted by molar-refractivity contribution is 7.99. The highest BCUT2D eigenvalue weighted by atomic mass is 32.2. The molecule has 0 saturated heterocycles. The van der Waals surface area contributed by atoms with Gasteiger partial charge in [0, 0.05) is 6.54 Å². The van der Waals surface area contributed by atoms with Gasteiger partial charge in [-0.2, -0.15) is 5.26 Å². The van der Waals surface area contributed by atoms with Crippen LogP contribution in [0.2, 0.25) is 0 Å². The molecule has 0 aliphatic rings. The Labute approximate surface area is 117 Å². The van der Waals surface area contributed by atoms with Crippen LogP contribution in [0.5, 0.6) is 0 Å². The average molecular weight is 281 g/mol. The molecule has 1 rings (SSSR count). The van der Waals surface area contributed by atoms with Crippen molar-refractivity contribution in [3.05, 3.63) is 6.33 Å². The van der Waals surface area contributed by atoms with Gasteiger partial charge in [-0.25, -0.2) is 0 Å². The first-order chi connectivity index (χ1) is 8.92. The van der Waals surface area contributed by atoms with Crippen molar-refractivity contribution >= 4 is 17.7 Å². The van der Waals surface area contributed by atoms with Gasteiger partial charge in [-0.3, -0.25) is 4.79 Å². The summed E-state index contributed by atoms with van der Waals surface area (Å²) in [7, 11) is 0. The van der Waals surface area contributed by atoms with Gasteiger partial charge in [-0.05, 0) is 19.8 Å². The van der Waals surface area contributed by atoms with Crippen molar-refractivity contribution < 1.29 is 4.79 Å². The zero-order chi connectivity index (χ0) is 14.5. The summed E-state index contributed by atoms with van der Waals surface area (Å²) < 4.78 is 1.86.